The fourth-order valence-corrected chi connectivity index (χ4v) is 12.7. The van der Waals surface area contributed by atoms with Crippen molar-refractivity contribution >= 4 is 98.8 Å². The van der Waals surface area contributed by atoms with Gasteiger partial charge in [0, 0.05) is 34.1 Å². The first-order valence-corrected chi connectivity index (χ1v) is 25.5. The monoisotopic (exact) mass is 916 g/mol. The molecule has 13 aromatic carbocycles. The molecule has 0 bridgehead atoms. The van der Waals surface area contributed by atoms with Gasteiger partial charge in [-0.05, 0) is 195 Å². The van der Waals surface area contributed by atoms with Crippen LogP contribution in [0.4, 0.5) is 34.1 Å². The van der Waals surface area contributed by atoms with Crippen molar-refractivity contribution in [2.24, 2.45) is 0 Å². The summed E-state index contributed by atoms with van der Waals surface area (Å²) in [4.78, 5) is 5.07. The summed E-state index contributed by atoms with van der Waals surface area (Å²) in [6.45, 7) is 0. The highest BCUT2D eigenvalue weighted by molar-refractivity contribution is 6.29. The van der Waals surface area contributed by atoms with Gasteiger partial charge in [-0.1, -0.05) is 182 Å². The summed E-state index contributed by atoms with van der Waals surface area (Å²) >= 11 is 0. The molecule has 0 N–H and O–H groups in total. The van der Waals surface area contributed by atoms with Gasteiger partial charge in [-0.25, -0.2) is 0 Å². The van der Waals surface area contributed by atoms with Crippen molar-refractivity contribution in [2.75, 3.05) is 9.80 Å². The lowest BCUT2D eigenvalue weighted by atomic mass is 9.82. The van der Waals surface area contributed by atoms with Crippen molar-refractivity contribution in [3.05, 3.63) is 265 Å². The zero-order valence-electron chi connectivity index (χ0n) is 39.8. The van der Waals surface area contributed by atoms with E-state index in [1.807, 2.05) is 0 Å². The summed E-state index contributed by atoms with van der Waals surface area (Å²) in [7, 11) is 0. The molecule has 13 aromatic rings. The Labute approximate surface area is 419 Å². The molecule has 0 unspecified atom stereocenters. The lowest BCUT2D eigenvalue weighted by Crippen LogP contribution is -2.12. The molecule has 0 fully saturated rings. The van der Waals surface area contributed by atoms with Crippen LogP contribution in [0.2, 0.25) is 0 Å². The highest BCUT2D eigenvalue weighted by Gasteiger charge is 2.28. The van der Waals surface area contributed by atoms with E-state index in [2.05, 4.69) is 252 Å². The number of hydrogen-bond donors (Lipinski definition) is 0. The van der Waals surface area contributed by atoms with E-state index >= 15 is 0 Å². The maximum Gasteiger partial charge on any atom is 0.0493 e. The minimum absolute atomic E-state index is 0.990. The third kappa shape index (κ3) is 6.28. The van der Waals surface area contributed by atoms with Crippen LogP contribution >= 0.6 is 0 Å². The maximum atomic E-state index is 2.53. The topological polar surface area (TPSA) is 6.48 Å². The number of hydrogen-bond acceptors (Lipinski definition) is 2. The summed E-state index contributed by atoms with van der Waals surface area (Å²) in [5.41, 5.74) is 17.7. The van der Waals surface area contributed by atoms with E-state index in [4.69, 9.17) is 0 Å². The van der Waals surface area contributed by atoms with Crippen molar-refractivity contribution in [2.45, 2.75) is 25.7 Å². The Morgan fingerprint density at radius 1 is 0.222 bits per heavy atom. The molecule has 0 saturated carbocycles. The quantitative estimate of drug-likeness (QED) is 0.128. The molecule has 2 aliphatic heterocycles. The predicted octanol–water partition coefficient (Wildman–Crippen LogP) is 19.1. The molecule has 2 heteroatoms. The summed E-state index contributed by atoms with van der Waals surface area (Å²) in [6, 6.07) is 91.7. The molecule has 0 aromatic heterocycles. The van der Waals surface area contributed by atoms with E-state index in [-0.39, 0.29) is 0 Å². The Morgan fingerprint density at radius 3 is 0.903 bits per heavy atom. The maximum absolute atomic E-state index is 2.53. The molecule has 338 valence electrons. The largest absolute Gasteiger partial charge is 0.310 e. The van der Waals surface area contributed by atoms with Crippen LogP contribution in [-0.4, -0.2) is 0 Å². The summed E-state index contributed by atoms with van der Waals surface area (Å²) in [5.74, 6) is 0. The molecule has 0 amide bonds. The molecule has 0 atom stereocenters. The molecule has 2 nitrogen and oxygen atoms in total. The van der Waals surface area contributed by atoms with E-state index < -0.39 is 0 Å². The van der Waals surface area contributed by atoms with Crippen molar-refractivity contribution < 1.29 is 0 Å². The minimum Gasteiger partial charge on any atom is -0.310 e. The molecule has 0 spiro atoms. The fraction of sp³-hybridized carbons (Fsp3) is 0.0571. The molecule has 0 saturated heterocycles. The molecule has 2 heterocycles. The molecule has 0 radical (unpaired) electrons. The second-order valence-corrected chi connectivity index (χ2v) is 19.8. The first-order chi connectivity index (χ1) is 35.7. The average molecular weight is 917 g/mol. The van der Waals surface area contributed by atoms with Gasteiger partial charge in [-0.15, -0.1) is 0 Å². The normalized spacial score (nSPS) is 13.3. The molecule has 2 aliphatic rings. The molecule has 15 rings (SSSR count). The third-order valence-electron chi connectivity index (χ3n) is 15.9. The Hall–Kier alpha value is -8.98. The van der Waals surface area contributed by atoms with Gasteiger partial charge >= 0.3 is 0 Å². The molecular formula is C70H48N2. The van der Waals surface area contributed by atoms with Gasteiger partial charge in [0.15, 0.2) is 0 Å². The lowest BCUT2D eigenvalue weighted by Gasteiger charge is -2.29. The molecule has 72 heavy (non-hydrogen) atoms. The predicted molar refractivity (Wildman–Crippen MR) is 307 cm³/mol. The van der Waals surface area contributed by atoms with Gasteiger partial charge in [-0.3, -0.25) is 0 Å². The number of anilines is 6. The lowest BCUT2D eigenvalue weighted by molar-refractivity contribution is 0.977. The van der Waals surface area contributed by atoms with Crippen LogP contribution in [0.15, 0.2) is 243 Å². The van der Waals surface area contributed by atoms with Crippen molar-refractivity contribution in [1.29, 1.82) is 0 Å². The van der Waals surface area contributed by atoms with E-state index in [0.29, 0.717) is 0 Å². The van der Waals surface area contributed by atoms with Crippen LogP contribution in [0.5, 0.6) is 0 Å². The Morgan fingerprint density at radius 2 is 0.528 bits per heavy atom. The first-order valence-electron chi connectivity index (χ1n) is 25.5. The summed E-state index contributed by atoms with van der Waals surface area (Å²) in [5, 5.41) is 14.9. The minimum atomic E-state index is 0.990. The Kier molecular flexibility index (Phi) is 9.25. The Balaban J connectivity index is 1.13. The van der Waals surface area contributed by atoms with Crippen LogP contribution in [0.25, 0.3) is 86.9 Å². The molecular weight excluding hydrogens is 869 g/mol. The van der Waals surface area contributed by atoms with Gasteiger partial charge < -0.3 is 9.80 Å². The third-order valence-corrected chi connectivity index (χ3v) is 15.9. The van der Waals surface area contributed by atoms with Crippen LogP contribution in [-0.2, 0) is 25.7 Å². The van der Waals surface area contributed by atoms with Gasteiger partial charge in [0.1, 0.15) is 0 Å². The van der Waals surface area contributed by atoms with Gasteiger partial charge in [0.2, 0.25) is 0 Å². The van der Waals surface area contributed by atoms with E-state index in [1.165, 1.54) is 132 Å². The zero-order valence-corrected chi connectivity index (χ0v) is 39.8. The smallest absolute Gasteiger partial charge is 0.0493 e. The first kappa shape index (κ1) is 40.9. The van der Waals surface area contributed by atoms with Crippen LogP contribution in [0.3, 0.4) is 0 Å². The number of aryl methyl sites for hydroxylation is 4. The zero-order chi connectivity index (χ0) is 47.3. The second kappa shape index (κ2) is 16.3. The second-order valence-electron chi connectivity index (χ2n) is 19.8. The molecule has 0 aliphatic carbocycles. The standard InChI is InChI=1S/C70H48N2/c1-7-23-53-49(21-1)41-61(57-27-11-9-25-55(53)57)69-59-39-37-52(72-67-31-15-5-19-47(67)35-36-48-20-6-16-32-68(48)72)44-64(59)70(62-42-50-22-2-8-24-54(50)56-26-10-12-28-58(56)62)60-40-38-51(43-63(60)69)71-65-29-13-3-17-45(65)33-34-46-18-4-14-30-66(46)71/h1-32,37-44H,33-36H2. The number of para-hydroxylation sites is 4. The van der Waals surface area contributed by atoms with E-state index in [1.54, 1.807) is 0 Å². The summed E-state index contributed by atoms with van der Waals surface area (Å²) in [6.07, 6.45) is 3.96. The van der Waals surface area contributed by atoms with Gasteiger partial charge in [-0.2, -0.15) is 0 Å². The van der Waals surface area contributed by atoms with Gasteiger partial charge in [0.05, 0.1) is 0 Å². The van der Waals surface area contributed by atoms with Crippen LogP contribution in [0, 0.1) is 0 Å². The SMILES string of the molecule is c1ccc2c(c1)CCc1ccccc1N2c1ccc2c(-c3cc4ccccc4c4ccccc34)c3cc(N4c5ccccc5CCc5ccccc54)ccc3c(-c3cc4ccccc4c4ccccc34)c2c1. The highest BCUT2D eigenvalue weighted by Crippen LogP contribution is 2.53. The fourth-order valence-electron chi connectivity index (χ4n) is 12.7. The average Bonchev–Trinajstić information content (AvgIpc) is 3.72. The van der Waals surface area contributed by atoms with Crippen molar-refractivity contribution in [1.82, 2.24) is 0 Å². The number of benzene rings is 13. The number of nitrogens with zero attached hydrogens (tertiary/aromatic N) is 2. The van der Waals surface area contributed by atoms with Crippen molar-refractivity contribution in [3.8, 4) is 22.3 Å². The highest BCUT2D eigenvalue weighted by atomic mass is 15.2. The number of fused-ring (bicyclic) bond motifs is 12. The Bertz CT molecular complexity index is 3990. The van der Waals surface area contributed by atoms with E-state index in [9.17, 15) is 0 Å². The summed E-state index contributed by atoms with van der Waals surface area (Å²) < 4.78 is 0. The number of rotatable bonds is 4. The van der Waals surface area contributed by atoms with Gasteiger partial charge in [0.25, 0.3) is 0 Å². The van der Waals surface area contributed by atoms with E-state index in [0.717, 1.165) is 37.1 Å². The van der Waals surface area contributed by atoms with Crippen LogP contribution in [0.1, 0.15) is 22.3 Å². The van der Waals surface area contributed by atoms with Crippen molar-refractivity contribution in [3.63, 3.8) is 0 Å². The van der Waals surface area contributed by atoms with Crippen LogP contribution < -0.4 is 9.80 Å².